The van der Waals surface area contributed by atoms with Gasteiger partial charge in [-0.1, -0.05) is 0 Å². The third-order valence-corrected chi connectivity index (χ3v) is 3.52. The molecule has 2 aliphatic rings. The van der Waals surface area contributed by atoms with Gasteiger partial charge in [0.15, 0.2) is 5.96 Å². The Morgan fingerprint density at radius 1 is 1.28 bits per heavy atom. The standard InChI is InChI=1S/C13H24N4O/c1-15(2)13(16(3)4)14-8-10-7-12(18)17(9-10)11-5-6-11/h10-11H,5-9H2,1-4H3. The van der Waals surface area contributed by atoms with Gasteiger partial charge >= 0.3 is 0 Å². The summed E-state index contributed by atoms with van der Waals surface area (Å²) >= 11 is 0. The van der Waals surface area contributed by atoms with Crippen molar-refractivity contribution in [1.29, 1.82) is 0 Å². The third kappa shape index (κ3) is 2.94. The van der Waals surface area contributed by atoms with Crippen molar-refractivity contribution in [2.24, 2.45) is 10.9 Å². The zero-order chi connectivity index (χ0) is 13.3. The van der Waals surface area contributed by atoms with Gasteiger partial charge in [-0.25, -0.2) is 0 Å². The summed E-state index contributed by atoms with van der Waals surface area (Å²) in [5.41, 5.74) is 0. The Labute approximate surface area is 109 Å². The molecule has 2 fully saturated rings. The zero-order valence-electron chi connectivity index (χ0n) is 11.9. The van der Waals surface area contributed by atoms with Crippen molar-refractivity contribution in [3.63, 3.8) is 0 Å². The van der Waals surface area contributed by atoms with Gasteiger partial charge in [0.1, 0.15) is 0 Å². The Balaban J connectivity index is 1.90. The summed E-state index contributed by atoms with van der Waals surface area (Å²) in [6.45, 7) is 1.65. The average Bonchev–Trinajstić information content (AvgIpc) is 3.03. The number of carbonyl (C=O) groups is 1. The molecule has 5 nitrogen and oxygen atoms in total. The van der Waals surface area contributed by atoms with E-state index < -0.39 is 0 Å². The average molecular weight is 252 g/mol. The number of aliphatic imine (C=N–C) groups is 1. The Hall–Kier alpha value is -1.26. The lowest BCUT2D eigenvalue weighted by molar-refractivity contribution is -0.128. The van der Waals surface area contributed by atoms with Crippen LogP contribution in [0.5, 0.6) is 0 Å². The number of amides is 1. The zero-order valence-corrected chi connectivity index (χ0v) is 11.9. The highest BCUT2D eigenvalue weighted by atomic mass is 16.2. The normalized spacial score (nSPS) is 23.2. The first-order valence-corrected chi connectivity index (χ1v) is 6.67. The fraction of sp³-hybridized carbons (Fsp3) is 0.846. The summed E-state index contributed by atoms with van der Waals surface area (Å²) in [5, 5.41) is 0. The van der Waals surface area contributed by atoms with Crippen molar-refractivity contribution >= 4 is 11.9 Å². The summed E-state index contributed by atoms with van der Waals surface area (Å²) in [4.78, 5) is 22.6. The number of carbonyl (C=O) groups excluding carboxylic acids is 1. The molecule has 0 aromatic rings. The van der Waals surface area contributed by atoms with Crippen LogP contribution in [0.2, 0.25) is 0 Å². The van der Waals surface area contributed by atoms with Crippen molar-refractivity contribution in [2.75, 3.05) is 41.3 Å². The minimum Gasteiger partial charge on any atom is -0.349 e. The van der Waals surface area contributed by atoms with Crippen LogP contribution in [-0.4, -0.2) is 73.9 Å². The molecule has 0 N–H and O–H groups in total. The van der Waals surface area contributed by atoms with Crippen molar-refractivity contribution in [3.8, 4) is 0 Å². The summed E-state index contributed by atoms with van der Waals surface area (Å²) in [5.74, 6) is 1.69. The van der Waals surface area contributed by atoms with Crippen LogP contribution in [0.1, 0.15) is 19.3 Å². The van der Waals surface area contributed by atoms with E-state index in [1.807, 2.05) is 38.0 Å². The van der Waals surface area contributed by atoms with E-state index in [0.29, 0.717) is 24.3 Å². The van der Waals surface area contributed by atoms with Crippen LogP contribution in [0, 0.1) is 5.92 Å². The molecule has 1 heterocycles. The van der Waals surface area contributed by atoms with Crippen molar-refractivity contribution in [1.82, 2.24) is 14.7 Å². The number of hydrogen-bond acceptors (Lipinski definition) is 2. The van der Waals surface area contributed by atoms with E-state index in [-0.39, 0.29) is 0 Å². The van der Waals surface area contributed by atoms with Gasteiger partial charge in [0, 0.05) is 59.7 Å². The minimum absolute atomic E-state index is 0.328. The lowest BCUT2D eigenvalue weighted by atomic mass is 10.1. The van der Waals surface area contributed by atoms with Crippen molar-refractivity contribution in [3.05, 3.63) is 0 Å². The molecule has 0 radical (unpaired) electrons. The van der Waals surface area contributed by atoms with Gasteiger partial charge in [-0.05, 0) is 12.8 Å². The molecule has 0 aromatic heterocycles. The summed E-state index contributed by atoms with van der Waals surface area (Å²) < 4.78 is 0. The maximum Gasteiger partial charge on any atom is 0.223 e. The maximum absolute atomic E-state index is 11.8. The fourth-order valence-electron chi connectivity index (χ4n) is 2.56. The van der Waals surface area contributed by atoms with Crippen molar-refractivity contribution in [2.45, 2.75) is 25.3 Å². The van der Waals surface area contributed by atoms with Gasteiger partial charge in [-0.3, -0.25) is 9.79 Å². The van der Waals surface area contributed by atoms with Crippen LogP contribution in [-0.2, 0) is 4.79 Å². The molecule has 1 saturated heterocycles. The van der Waals surface area contributed by atoms with Crippen LogP contribution in [0.3, 0.4) is 0 Å². The van der Waals surface area contributed by atoms with Crippen LogP contribution < -0.4 is 0 Å². The van der Waals surface area contributed by atoms with E-state index in [2.05, 4.69) is 9.89 Å². The molecular weight excluding hydrogens is 228 g/mol. The number of guanidine groups is 1. The molecule has 18 heavy (non-hydrogen) atoms. The highest BCUT2D eigenvalue weighted by molar-refractivity contribution is 5.80. The Kier molecular flexibility index (Phi) is 3.78. The van der Waals surface area contributed by atoms with Gasteiger partial charge in [0.05, 0.1) is 0 Å². The topological polar surface area (TPSA) is 39.2 Å². The molecule has 0 aromatic carbocycles. The molecule has 1 aliphatic heterocycles. The molecule has 2 rings (SSSR count). The first-order valence-electron chi connectivity index (χ1n) is 6.67. The number of hydrogen-bond donors (Lipinski definition) is 0. The lowest BCUT2D eigenvalue weighted by Gasteiger charge is -2.23. The first-order chi connectivity index (χ1) is 8.49. The predicted molar refractivity (Wildman–Crippen MR) is 72.5 cm³/mol. The Bertz CT molecular complexity index is 337. The van der Waals surface area contributed by atoms with Crippen LogP contribution in [0.15, 0.2) is 4.99 Å². The van der Waals surface area contributed by atoms with E-state index in [9.17, 15) is 4.79 Å². The summed E-state index contributed by atoms with van der Waals surface area (Å²) in [6.07, 6.45) is 3.07. The molecule has 1 unspecified atom stereocenters. The van der Waals surface area contributed by atoms with Crippen LogP contribution in [0.25, 0.3) is 0 Å². The van der Waals surface area contributed by atoms with Gasteiger partial charge in [-0.2, -0.15) is 0 Å². The highest BCUT2D eigenvalue weighted by Gasteiger charge is 2.39. The molecule has 0 bridgehead atoms. The second kappa shape index (κ2) is 5.16. The monoisotopic (exact) mass is 252 g/mol. The highest BCUT2D eigenvalue weighted by Crippen LogP contribution is 2.32. The van der Waals surface area contributed by atoms with E-state index in [1.165, 1.54) is 12.8 Å². The SMILES string of the molecule is CN(C)C(=NCC1CC(=O)N(C2CC2)C1)N(C)C. The Morgan fingerprint density at radius 3 is 2.39 bits per heavy atom. The lowest BCUT2D eigenvalue weighted by Crippen LogP contribution is -2.36. The predicted octanol–water partition coefficient (Wildman–Crippen LogP) is 0.477. The second-order valence-electron chi connectivity index (χ2n) is 5.78. The van der Waals surface area contributed by atoms with Crippen LogP contribution in [0.4, 0.5) is 0 Å². The van der Waals surface area contributed by atoms with Gasteiger partial charge in [-0.15, -0.1) is 0 Å². The molecule has 1 saturated carbocycles. The Morgan fingerprint density at radius 2 is 1.89 bits per heavy atom. The summed E-state index contributed by atoms with van der Waals surface area (Å²) in [7, 11) is 7.98. The van der Waals surface area contributed by atoms with Gasteiger partial charge in [0.2, 0.25) is 5.91 Å². The largest absolute Gasteiger partial charge is 0.349 e. The summed E-state index contributed by atoms with van der Waals surface area (Å²) in [6, 6.07) is 0.550. The minimum atomic E-state index is 0.328. The number of rotatable bonds is 3. The molecule has 0 spiro atoms. The molecule has 102 valence electrons. The van der Waals surface area contributed by atoms with E-state index in [1.54, 1.807) is 0 Å². The van der Waals surface area contributed by atoms with Crippen LogP contribution >= 0.6 is 0 Å². The molecule has 1 aliphatic carbocycles. The van der Waals surface area contributed by atoms with Gasteiger partial charge < -0.3 is 14.7 Å². The van der Waals surface area contributed by atoms with E-state index in [0.717, 1.165) is 19.0 Å². The second-order valence-corrected chi connectivity index (χ2v) is 5.78. The van der Waals surface area contributed by atoms with E-state index in [4.69, 9.17) is 0 Å². The maximum atomic E-state index is 11.8. The first kappa shape index (κ1) is 13.2. The van der Waals surface area contributed by atoms with Crippen molar-refractivity contribution < 1.29 is 4.79 Å². The number of likely N-dealkylation sites (tertiary alicyclic amines) is 1. The smallest absolute Gasteiger partial charge is 0.223 e. The molecule has 1 amide bonds. The third-order valence-electron chi connectivity index (χ3n) is 3.52. The fourth-order valence-corrected chi connectivity index (χ4v) is 2.56. The molecule has 1 atom stereocenters. The molecular formula is C13H24N4O. The molecule has 5 heteroatoms. The van der Waals surface area contributed by atoms with Gasteiger partial charge in [0.25, 0.3) is 0 Å². The van der Waals surface area contributed by atoms with E-state index >= 15 is 0 Å². The number of nitrogens with zero attached hydrogens (tertiary/aromatic N) is 4. The quantitative estimate of drug-likeness (QED) is 0.541.